The third-order valence-electron chi connectivity index (χ3n) is 4.31. The molecule has 0 saturated carbocycles. The van der Waals surface area contributed by atoms with Crippen LogP contribution in [-0.2, 0) is 6.42 Å². The zero-order chi connectivity index (χ0) is 15.6. The molecule has 114 valence electrons. The highest BCUT2D eigenvalue weighted by Gasteiger charge is 2.15. The maximum atomic E-state index is 4.31. The molecule has 0 aliphatic heterocycles. The molecule has 4 rings (SSSR count). The van der Waals surface area contributed by atoms with Gasteiger partial charge in [-0.2, -0.15) is 0 Å². The predicted octanol–water partition coefficient (Wildman–Crippen LogP) is 4.05. The van der Waals surface area contributed by atoms with Crippen LogP contribution in [0.5, 0.6) is 0 Å². The molecule has 0 bridgehead atoms. The lowest BCUT2D eigenvalue weighted by Gasteiger charge is -2.20. The van der Waals surface area contributed by atoms with Gasteiger partial charge in [0.05, 0.1) is 18.2 Å². The lowest BCUT2D eigenvalue weighted by molar-refractivity contribution is 0.824. The number of fused-ring (bicyclic) bond motifs is 1. The van der Waals surface area contributed by atoms with E-state index in [0.717, 1.165) is 29.9 Å². The molecule has 1 aliphatic carbocycles. The summed E-state index contributed by atoms with van der Waals surface area (Å²) >= 11 is 0. The largest absolute Gasteiger partial charge is 0.345 e. The number of aromatic nitrogens is 4. The van der Waals surface area contributed by atoms with Gasteiger partial charge in [-0.1, -0.05) is 12.1 Å². The van der Waals surface area contributed by atoms with Crippen molar-refractivity contribution in [3.63, 3.8) is 0 Å². The van der Waals surface area contributed by atoms with E-state index < -0.39 is 0 Å². The topological polar surface area (TPSA) is 54.5 Å². The Labute approximate surface area is 135 Å². The van der Waals surface area contributed by atoms with E-state index in [1.807, 2.05) is 25.5 Å². The second-order valence-corrected chi connectivity index (χ2v) is 5.92. The molecular weight excluding hydrogens is 284 g/mol. The van der Waals surface area contributed by atoms with E-state index >= 15 is 0 Å². The Hall–Kier alpha value is -2.75. The summed E-state index contributed by atoms with van der Waals surface area (Å²) in [6, 6.07) is 6.68. The third-order valence-corrected chi connectivity index (χ3v) is 4.31. The fourth-order valence-corrected chi connectivity index (χ4v) is 3.10. The highest BCUT2D eigenvalue weighted by molar-refractivity contribution is 5.84. The number of hydrogen-bond donors (Lipinski definition) is 1. The predicted molar refractivity (Wildman–Crippen MR) is 91.6 cm³/mol. The molecular formula is C19H18N4. The summed E-state index contributed by atoms with van der Waals surface area (Å²) in [5, 5.41) is 0. The van der Waals surface area contributed by atoms with Crippen LogP contribution in [0.3, 0.4) is 0 Å². The number of aromatic amines is 1. The van der Waals surface area contributed by atoms with Crippen LogP contribution in [0.2, 0.25) is 0 Å². The van der Waals surface area contributed by atoms with Crippen LogP contribution >= 0.6 is 0 Å². The van der Waals surface area contributed by atoms with Crippen LogP contribution in [0.4, 0.5) is 0 Å². The number of hydrogen-bond acceptors (Lipinski definition) is 3. The van der Waals surface area contributed by atoms with Crippen LogP contribution in [0.25, 0.3) is 22.8 Å². The van der Waals surface area contributed by atoms with Gasteiger partial charge >= 0.3 is 0 Å². The fraction of sp³-hybridized carbons (Fsp3) is 0.211. The molecule has 4 heteroatoms. The van der Waals surface area contributed by atoms with Gasteiger partial charge in [-0.15, -0.1) is 0 Å². The van der Waals surface area contributed by atoms with Crippen LogP contribution in [0, 0.1) is 6.92 Å². The summed E-state index contributed by atoms with van der Waals surface area (Å²) in [6.45, 7) is 1.90. The lowest BCUT2D eigenvalue weighted by Crippen LogP contribution is -2.02. The summed E-state index contributed by atoms with van der Waals surface area (Å²) < 4.78 is 0. The monoisotopic (exact) mass is 302 g/mol. The van der Waals surface area contributed by atoms with Crippen molar-refractivity contribution in [1.82, 2.24) is 19.9 Å². The number of nitrogens with zero attached hydrogens (tertiary/aromatic N) is 3. The van der Waals surface area contributed by atoms with E-state index in [2.05, 4.69) is 44.2 Å². The van der Waals surface area contributed by atoms with Gasteiger partial charge in [0.25, 0.3) is 0 Å². The summed E-state index contributed by atoms with van der Waals surface area (Å²) in [5.41, 5.74) is 7.40. The smallest absolute Gasteiger partial charge is 0.125 e. The Morgan fingerprint density at radius 1 is 1.04 bits per heavy atom. The van der Waals surface area contributed by atoms with Crippen LogP contribution < -0.4 is 0 Å². The molecule has 0 fully saturated rings. The minimum atomic E-state index is 0.798. The van der Waals surface area contributed by atoms with Crippen molar-refractivity contribution in [2.75, 3.05) is 0 Å². The summed E-state index contributed by atoms with van der Waals surface area (Å²) in [6.07, 6.45) is 13.0. The zero-order valence-corrected chi connectivity index (χ0v) is 13.1. The average Bonchev–Trinajstić information content (AvgIpc) is 3.09. The van der Waals surface area contributed by atoms with E-state index in [1.54, 1.807) is 6.33 Å². The Kier molecular flexibility index (Phi) is 3.50. The van der Waals surface area contributed by atoms with Gasteiger partial charge < -0.3 is 4.98 Å². The normalized spacial score (nSPS) is 15.6. The van der Waals surface area contributed by atoms with Crippen molar-refractivity contribution in [1.29, 1.82) is 0 Å². The van der Waals surface area contributed by atoms with Gasteiger partial charge in [-0.3, -0.25) is 0 Å². The van der Waals surface area contributed by atoms with E-state index in [9.17, 15) is 0 Å². The van der Waals surface area contributed by atoms with E-state index in [4.69, 9.17) is 0 Å². The molecule has 0 saturated heterocycles. The number of rotatable bonds is 2. The van der Waals surface area contributed by atoms with Gasteiger partial charge in [0.15, 0.2) is 0 Å². The second-order valence-electron chi connectivity index (χ2n) is 5.92. The maximum absolute atomic E-state index is 4.31. The van der Waals surface area contributed by atoms with Gasteiger partial charge in [-0.05, 0) is 60.6 Å². The van der Waals surface area contributed by atoms with Crippen molar-refractivity contribution in [3.05, 3.63) is 65.8 Å². The maximum Gasteiger partial charge on any atom is 0.125 e. The van der Waals surface area contributed by atoms with Crippen LogP contribution in [0.1, 0.15) is 35.5 Å². The molecule has 2 aromatic heterocycles. The first-order valence-corrected chi connectivity index (χ1v) is 7.91. The van der Waals surface area contributed by atoms with Crippen molar-refractivity contribution in [2.45, 2.75) is 26.2 Å². The van der Waals surface area contributed by atoms with Crippen molar-refractivity contribution in [3.8, 4) is 11.1 Å². The highest BCUT2D eigenvalue weighted by atomic mass is 14.9. The van der Waals surface area contributed by atoms with Gasteiger partial charge in [0.1, 0.15) is 5.82 Å². The Bertz CT molecular complexity index is 846. The molecule has 4 nitrogen and oxygen atoms in total. The molecule has 0 unspecified atom stereocenters. The Morgan fingerprint density at radius 3 is 2.70 bits per heavy atom. The highest BCUT2D eigenvalue weighted by Crippen LogP contribution is 2.34. The first-order valence-electron chi connectivity index (χ1n) is 7.91. The number of imidazole rings is 1. The SMILES string of the molecule is Cc1ncc(-c2ccc3c(c2)C(=Cc2cnc[nH]2)CCC3)cn1. The van der Waals surface area contributed by atoms with Crippen LogP contribution in [-0.4, -0.2) is 19.9 Å². The molecule has 2 heterocycles. The minimum absolute atomic E-state index is 0.798. The molecule has 0 amide bonds. The summed E-state index contributed by atoms with van der Waals surface area (Å²) in [7, 11) is 0. The number of benzene rings is 1. The minimum Gasteiger partial charge on any atom is -0.345 e. The lowest BCUT2D eigenvalue weighted by atomic mass is 9.85. The molecule has 3 aromatic rings. The van der Waals surface area contributed by atoms with Crippen molar-refractivity contribution >= 4 is 11.6 Å². The van der Waals surface area contributed by atoms with E-state index in [0.29, 0.717) is 0 Å². The second kappa shape index (κ2) is 5.80. The molecule has 1 aromatic carbocycles. The third kappa shape index (κ3) is 2.80. The first-order chi connectivity index (χ1) is 11.3. The molecule has 0 spiro atoms. The molecule has 0 radical (unpaired) electrons. The number of nitrogens with one attached hydrogen (secondary N) is 1. The first kappa shape index (κ1) is 13.9. The van der Waals surface area contributed by atoms with Gasteiger partial charge in [0, 0.05) is 18.0 Å². The molecule has 1 aliphatic rings. The standard InChI is InChI=1S/C19H18N4/c1-13-21-9-17(10-22-13)15-6-5-14-3-2-4-16(19(14)8-15)7-18-11-20-12-23-18/h5-12H,2-4H2,1H3,(H,20,23). The quantitative estimate of drug-likeness (QED) is 0.777. The van der Waals surface area contributed by atoms with Crippen LogP contribution in [0.15, 0.2) is 43.1 Å². The number of allylic oxidation sites excluding steroid dienone is 1. The number of aryl methyl sites for hydroxylation is 2. The van der Waals surface area contributed by atoms with Gasteiger partial charge in [0.2, 0.25) is 0 Å². The van der Waals surface area contributed by atoms with E-state index in [1.165, 1.54) is 28.7 Å². The molecule has 23 heavy (non-hydrogen) atoms. The van der Waals surface area contributed by atoms with Crippen molar-refractivity contribution < 1.29 is 0 Å². The molecule has 1 N–H and O–H groups in total. The zero-order valence-electron chi connectivity index (χ0n) is 13.1. The average molecular weight is 302 g/mol. The van der Waals surface area contributed by atoms with Gasteiger partial charge in [-0.25, -0.2) is 15.0 Å². The summed E-state index contributed by atoms with van der Waals surface area (Å²) in [5.74, 6) is 0.798. The number of H-pyrrole nitrogens is 1. The van der Waals surface area contributed by atoms with Crippen molar-refractivity contribution in [2.24, 2.45) is 0 Å². The molecule has 0 atom stereocenters. The van der Waals surface area contributed by atoms with E-state index in [-0.39, 0.29) is 0 Å². The summed E-state index contributed by atoms with van der Waals surface area (Å²) in [4.78, 5) is 15.9. The Morgan fingerprint density at radius 2 is 1.91 bits per heavy atom. The fourth-order valence-electron chi connectivity index (χ4n) is 3.10. The Balaban J connectivity index is 1.78.